The van der Waals surface area contributed by atoms with Crippen molar-refractivity contribution in [2.75, 3.05) is 18.0 Å². The molecule has 1 amide bonds. The number of anilines is 1. The van der Waals surface area contributed by atoms with Crippen LogP contribution in [0.5, 0.6) is 0 Å². The molecule has 2 aromatic rings. The predicted octanol–water partition coefficient (Wildman–Crippen LogP) is 3.63. The molecule has 1 atom stereocenters. The van der Waals surface area contributed by atoms with Crippen molar-refractivity contribution in [1.82, 2.24) is 9.97 Å². The fourth-order valence-corrected chi connectivity index (χ4v) is 5.57. The highest BCUT2D eigenvalue weighted by molar-refractivity contribution is 5.65. The van der Waals surface area contributed by atoms with Crippen molar-refractivity contribution in [3.8, 4) is 6.07 Å². The zero-order valence-electron chi connectivity index (χ0n) is 18.4. The molecule has 7 nitrogen and oxygen atoms in total. The van der Waals surface area contributed by atoms with E-state index in [1.807, 2.05) is 20.8 Å². The number of fused-ring (bicyclic) bond motifs is 2. The molecule has 1 aromatic carbocycles. The minimum Gasteiger partial charge on any atom is -0.444 e. The number of piperidine rings is 1. The van der Waals surface area contributed by atoms with Crippen LogP contribution in [0.4, 0.5) is 10.7 Å². The maximum absolute atomic E-state index is 11.4. The van der Waals surface area contributed by atoms with Gasteiger partial charge >= 0.3 is 6.09 Å². The lowest BCUT2D eigenvalue weighted by Crippen LogP contribution is -2.47. The van der Waals surface area contributed by atoms with E-state index in [1.54, 1.807) is 6.07 Å². The third-order valence-electron chi connectivity index (χ3n) is 6.81. The Balaban J connectivity index is 1.60. The quantitative estimate of drug-likeness (QED) is 0.811. The van der Waals surface area contributed by atoms with Crippen molar-refractivity contribution in [2.45, 2.75) is 57.5 Å². The smallest absolute Gasteiger partial charge is 0.405 e. The molecule has 2 N–H and O–H groups in total. The molecule has 1 aromatic heterocycles. The molecule has 1 fully saturated rings. The predicted molar refractivity (Wildman–Crippen MR) is 118 cm³/mol. The number of amides is 1. The van der Waals surface area contributed by atoms with Crippen LogP contribution in [0, 0.1) is 24.2 Å². The average Bonchev–Trinajstić information content (AvgIpc) is 2.99. The van der Waals surface area contributed by atoms with Crippen molar-refractivity contribution >= 4 is 12.0 Å². The van der Waals surface area contributed by atoms with E-state index in [1.165, 1.54) is 11.1 Å². The molecule has 1 aliphatic heterocycles. The SMILES string of the molecule is Cc1cc(C#N)nc(N2CCC3(CC2)c2ccccc2C[C@@H]3CC(C)(C)OC(N)=O)n1. The molecular weight excluding hydrogens is 390 g/mol. The molecule has 1 saturated heterocycles. The number of benzene rings is 1. The normalized spacial score (nSPS) is 19.7. The number of nitrogens with two attached hydrogens (primary N) is 1. The first-order valence-electron chi connectivity index (χ1n) is 10.8. The van der Waals surface area contributed by atoms with E-state index in [0.29, 0.717) is 17.6 Å². The van der Waals surface area contributed by atoms with Crippen molar-refractivity contribution in [3.05, 3.63) is 52.8 Å². The second kappa shape index (κ2) is 7.84. The van der Waals surface area contributed by atoms with E-state index >= 15 is 0 Å². The van der Waals surface area contributed by atoms with Crippen LogP contribution in [0.1, 0.15) is 55.6 Å². The van der Waals surface area contributed by atoms with Gasteiger partial charge in [0.15, 0.2) is 0 Å². The van der Waals surface area contributed by atoms with Gasteiger partial charge in [-0.3, -0.25) is 0 Å². The van der Waals surface area contributed by atoms with E-state index in [0.717, 1.165) is 44.5 Å². The Morgan fingerprint density at radius 1 is 1.32 bits per heavy atom. The standard InChI is InChI=1S/C24H29N5O2/c1-16-12-19(15-25)28-22(27-16)29-10-8-24(9-11-29)18(14-23(2,3)31-21(26)30)13-17-6-4-5-7-20(17)24/h4-7,12,18H,8-11,13-14H2,1-3H3,(H2,26,30)/t18-/m1/s1. The fourth-order valence-electron chi connectivity index (χ4n) is 5.57. The van der Waals surface area contributed by atoms with Gasteiger partial charge in [0.05, 0.1) is 0 Å². The Labute approximate surface area is 183 Å². The summed E-state index contributed by atoms with van der Waals surface area (Å²) in [5.74, 6) is 0.987. The molecule has 0 saturated carbocycles. The number of primary amides is 1. The molecule has 1 spiro atoms. The van der Waals surface area contributed by atoms with Crippen LogP contribution < -0.4 is 10.6 Å². The number of aryl methyl sites for hydroxylation is 1. The summed E-state index contributed by atoms with van der Waals surface area (Å²) >= 11 is 0. The van der Waals surface area contributed by atoms with Crippen molar-refractivity contribution in [2.24, 2.45) is 11.7 Å². The van der Waals surface area contributed by atoms with Crippen LogP contribution in [0.3, 0.4) is 0 Å². The molecule has 0 unspecified atom stereocenters. The number of carbonyl (C=O) groups is 1. The Bertz CT molecular complexity index is 1030. The third kappa shape index (κ3) is 4.07. The number of ether oxygens (including phenoxy) is 1. The van der Waals surface area contributed by atoms with Gasteiger partial charge < -0.3 is 15.4 Å². The second-order valence-electron chi connectivity index (χ2n) is 9.39. The lowest BCUT2D eigenvalue weighted by molar-refractivity contribution is 0.0141. The van der Waals surface area contributed by atoms with Gasteiger partial charge in [-0.05, 0) is 69.6 Å². The molecule has 0 radical (unpaired) electrons. The lowest BCUT2D eigenvalue weighted by Gasteiger charge is -2.45. The number of nitriles is 1. The van der Waals surface area contributed by atoms with Crippen molar-refractivity contribution in [1.29, 1.82) is 5.26 Å². The number of aromatic nitrogens is 2. The largest absolute Gasteiger partial charge is 0.444 e. The summed E-state index contributed by atoms with van der Waals surface area (Å²) < 4.78 is 5.44. The maximum Gasteiger partial charge on any atom is 0.405 e. The van der Waals surface area contributed by atoms with Crippen molar-refractivity contribution in [3.63, 3.8) is 0 Å². The summed E-state index contributed by atoms with van der Waals surface area (Å²) in [5.41, 5.74) is 8.72. The van der Waals surface area contributed by atoms with E-state index < -0.39 is 11.7 Å². The van der Waals surface area contributed by atoms with Gasteiger partial charge in [-0.25, -0.2) is 14.8 Å². The van der Waals surface area contributed by atoms with Crippen LogP contribution in [-0.4, -0.2) is 34.8 Å². The third-order valence-corrected chi connectivity index (χ3v) is 6.81. The first-order valence-corrected chi connectivity index (χ1v) is 10.8. The van der Waals surface area contributed by atoms with Gasteiger partial charge in [0.25, 0.3) is 0 Å². The van der Waals surface area contributed by atoms with Gasteiger partial charge in [-0.1, -0.05) is 24.3 Å². The number of nitrogens with zero attached hydrogens (tertiary/aromatic N) is 4. The van der Waals surface area contributed by atoms with E-state index in [2.05, 4.69) is 45.2 Å². The molecule has 2 aliphatic rings. The van der Waals surface area contributed by atoms with Crippen LogP contribution in [0.15, 0.2) is 30.3 Å². The molecule has 7 heteroatoms. The van der Waals surface area contributed by atoms with Gasteiger partial charge in [0.2, 0.25) is 5.95 Å². The maximum atomic E-state index is 11.4. The Morgan fingerprint density at radius 3 is 2.71 bits per heavy atom. The summed E-state index contributed by atoms with van der Waals surface area (Å²) in [7, 11) is 0. The molecule has 0 bridgehead atoms. The Hall–Kier alpha value is -3.14. The highest BCUT2D eigenvalue weighted by atomic mass is 16.6. The second-order valence-corrected chi connectivity index (χ2v) is 9.39. The number of rotatable bonds is 4. The highest BCUT2D eigenvalue weighted by Gasteiger charge is 2.50. The Morgan fingerprint density at radius 2 is 2.03 bits per heavy atom. The number of hydrogen-bond acceptors (Lipinski definition) is 6. The lowest BCUT2D eigenvalue weighted by atomic mass is 9.65. The summed E-state index contributed by atoms with van der Waals surface area (Å²) in [6.45, 7) is 7.40. The zero-order chi connectivity index (χ0) is 22.2. The summed E-state index contributed by atoms with van der Waals surface area (Å²) in [6, 6.07) is 12.5. The minimum absolute atomic E-state index is 0.0211. The van der Waals surface area contributed by atoms with Crippen LogP contribution in [0.2, 0.25) is 0 Å². The topological polar surface area (TPSA) is 105 Å². The summed E-state index contributed by atoms with van der Waals surface area (Å²) in [6.07, 6.45) is 2.92. The van der Waals surface area contributed by atoms with Gasteiger partial charge in [-0.15, -0.1) is 0 Å². The first kappa shape index (κ1) is 21.1. The monoisotopic (exact) mass is 419 g/mol. The van der Waals surface area contributed by atoms with E-state index in [4.69, 9.17) is 10.5 Å². The van der Waals surface area contributed by atoms with Crippen molar-refractivity contribution < 1.29 is 9.53 Å². The molecule has 2 heterocycles. The summed E-state index contributed by atoms with van der Waals surface area (Å²) in [5, 5.41) is 9.26. The number of carbonyl (C=O) groups excluding carboxylic acids is 1. The fraction of sp³-hybridized carbons (Fsp3) is 0.500. The zero-order valence-corrected chi connectivity index (χ0v) is 18.4. The molecule has 1 aliphatic carbocycles. The van der Waals surface area contributed by atoms with E-state index in [9.17, 15) is 10.1 Å². The summed E-state index contributed by atoms with van der Waals surface area (Å²) in [4.78, 5) is 22.6. The van der Waals surface area contributed by atoms with Crippen LogP contribution in [-0.2, 0) is 16.6 Å². The Kier molecular flexibility index (Phi) is 5.34. The van der Waals surface area contributed by atoms with E-state index in [-0.39, 0.29) is 5.41 Å². The number of hydrogen-bond donors (Lipinski definition) is 1. The van der Waals surface area contributed by atoms with Crippen LogP contribution in [0.25, 0.3) is 0 Å². The minimum atomic E-state index is -0.728. The van der Waals surface area contributed by atoms with Gasteiger partial charge in [0.1, 0.15) is 17.4 Å². The molecule has 4 rings (SSSR count). The molecular formula is C24H29N5O2. The van der Waals surface area contributed by atoms with Gasteiger partial charge in [-0.2, -0.15) is 5.26 Å². The average molecular weight is 420 g/mol. The van der Waals surface area contributed by atoms with Gasteiger partial charge in [0, 0.05) is 24.2 Å². The highest BCUT2D eigenvalue weighted by Crippen LogP contribution is 2.52. The molecule has 31 heavy (non-hydrogen) atoms. The van der Waals surface area contributed by atoms with Crippen LogP contribution >= 0.6 is 0 Å². The molecule has 162 valence electrons. The first-order chi connectivity index (χ1) is 14.7.